The Kier molecular flexibility index (Phi) is 3.87. The van der Waals surface area contributed by atoms with Gasteiger partial charge in [0.2, 0.25) is 0 Å². The summed E-state index contributed by atoms with van der Waals surface area (Å²) in [5.41, 5.74) is 2.71. The van der Waals surface area contributed by atoms with Gasteiger partial charge in [0.1, 0.15) is 0 Å². The van der Waals surface area contributed by atoms with Gasteiger partial charge in [-0.1, -0.05) is 31.9 Å². The van der Waals surface area contributed by atoms with Crippen LogP contribution < -0.4 is 0 Å². The van der Waals surface area contributed by atoms with E-state index in [0.29, 0.717) is 6.04 Å². The van der Waals surface area contributed by atoms with E-state index in [1.165, 1.54) is 43.5 Å². The lowest BCUT2D eigenvalue weighted by molar-refractivity contribution is 0.416. The van der Waals surface area contributed by atoms with E-state index in [1.54, 1.807) is 0 Å². The topological polar surface area (TPSA) is 30.7 Å². The van der Waals surface area contributed by atoms with Gasteiger partial charge in [0.15, 0.2) is 0 Å². The van der Waals surface area contributed by atoms with E-state index in [2.05, 4.69) is 42.7 Å². The first kappa shape index (κ1) is 14.1. The molecule has 3 heteroatoms. The van der Waals surface area contributed by atoms with Crippen molar-refractivity contribution < 1.29 is 0 Å². The minimum Gasteiger partial charge on any atom is -0.247 e. The fourth-order valence-electron chi connectivity index (χ4n) is 4.60. The van der Waals surface area contributed by atoms with Crippen molar-refractivity contribution in [1.29, 1.82) is 0 Å². The zero-order chi connectivity index (χ0) is 14.3. The van der Waals surface area contributed by atoms with Crippen LogP contribution in [0.1, 0.15) is 70.8 Å². The minimum atomic E-state index is 0.440. The summed E-state index contributed by atoms with van der Waals surface area (Å²) < 4.78 is 2.16. The molecular weight excluding hydrogens is 246 g/mol. The lowest BCUT2D eigenvalue weighted by Crippen LogP contribution is -2.10. The van der Waals surface area contributed by atoms with E-state index in [1.807, 2.05) is 0 Å². The molecule has 1 aromatic rings. The van der Waals surface area contributed by atoms with Crippen LogP contribution in [0.2, 0.25) is 0 Å². The highest BCUT2D eigenvalue weighted by molar-refractivity contribution is 5.16. The molecule has 4 atom stereocenters. The predicted octanol–water partition coefficient (Wildman–Crippen LogP) is 4.04. The molecule has 1 saturated carbocycles. The van der Waals surface area contributed by atoms with Gasteiger partial charge in [-0.05, 0) is 63.2 Å². The molecule has 4 unspecified atom stereocenters. The first-order valence-electron chi connectivity index (χ1n) is 8.56. The molecule has 2 aliphatic carbocycles. The van der Waals surface area contributed by atoms with E-state index >= 15 is 0 Å². The SMILES string of the molecule is CCCC(C)C1C2CCc3nnn(C(C)C)c3CCC21. The lowest BCUT2D eigenvalue weighted by atomic mass is 9.97. The number of nitrogens with zero attached hydrogens (tertiary/aromatic N) is 3. The minimum absolute atomic E-state index is 0.440. The molecule has 20 heavy (non-hydrogen) atoms. The molecule has 0 saturated heterocycles. The smallest absolute Gasteiger partial charge is 0.0859 e. The monoisotopic (exact) mass is 275 g/mol. The molecule has 112 valence electrons. The molecule has 0 spiro atoms. The summed E-state index contributed by atoms with van der Waals surface area (Å²) in [4.78, 5) is 0. The molecule has 0 aliphatic heterocycles. The van der Waals surface area contributed by atoms with Crippen LogP contribution in [0.4, 0.5) is 0 Å². The normalized spacial score (nSPS) is 30.4. The highest BCUT2D eigenvalue weighted by Crippen LogP contribution is 2.57. The van der Waals surface area contributed by atoms with Crippen LogP contribution in [-0.4, -0.2) is 15.0 Å². The summed E-state index contributed by atoms with van der Waals surface area (Å²) in [5, 5.41) is 8.82. The largest absolute Gasteiger partial charge is 0.247 e. The average molecular weight is 275 g/mol. The van der Waals surface area contributed by atoms with E-state index in [0.717, 1.165) is 30.1 Å². The second-order valence-corrected chi connectivity index (χ2v) is 7.27. The van der Waals surface area contributed by atoms with E-state index in [-0.39, 0.29) is 0 Å². The third-order valence-corrected chi connectivity index (χ3v) is 5.59. The van der Waals surface area contributed by atoms with E-state index in [4.69, 9.17) is 0 Å². The van der Waals surface area contributed by atoms with Crippen molar-refractivity contribution in [3.8, 4) is 0 Å². The summed E-state index contributed by atoms with van der Waals surface area (Å²) in [5.74, 6) is 3.89. The number of hydrogen-bond donors (Lipinski definition) is 0. The second kappa shape index (κ2) is 5.50. The Morgan fingerprint density at radius 3 is 2.50 bits per heavy atom. The molecular formula is C17H29N3. The summed E-state index contributed by atoms with van der Waals surface area (Å²) in [6.07, 6.45) is 7.78. The van der Waals surface area contributed by atoms with Crippen molar-refractivity contribution in [1.82, 2.24) is 15.0 Å². The third-order valence-electron chi connectivity index (χ3n) is 5.59. The highest BCUT2D eigenvalue weighted by atomic mass is 15.4. The number of aromatic nitrogens is 3. The van der Waals surface area contributed by atoms with Crippen molar-refractivity contribution in [2.75, 3.05) is 0 Å². The highest BCUT2D eigenvalue weighted by Gasteiger charge is 2.51. The Morgan fingerprint density at radius 2 is 1.85 bits per heavy atom. The maximum atomic E-state index is 4.45. The van der Waals surface area contributed by atoms with Crippen LogP contribution in [0, 0.1) is 23.7 Å². The summed E-state index contributed by atoms with van der Waals surface area (Å²) >= 11 is 0. The Bertz CT molecular complexity index is 463. The summed E-state index contributed by atoms with van der Waals surface area (Å²) in [6.45, 7) is 9.21. The quantitative estimate of drug-likeness (QED) is 0.830. The molecule has 1 fully saturated rings. The molecule has 3 nitrogen and oxygen atoms in total. The lowest BCUT2D eigenvalue weighted by Gasteiger charge is -2.12. The van der Waals surface area contributed by atoms with E-state index < -0.39 is 0 Å². The molecule has 0 radical (unpaired) electrons. The predicted molar refractivity (Wildman–Crippen MR) is 81.6 cm³/mol. The van der Waals surface area contributed by atoms with Gasteiger partial charge < -0.3 is 0 Å². The van der Waals surface area contributed by atoms with Crippen LogP contribution in [0.25, 0.3) is 0 Å². The molecule has 1 heterocycles. The zero-order valence-electron chi connectivity index (χ0n) is 13.5. The summed E-state index contributed by atoms with van der Waals surface area (Å²) in [6, 6.07) is 0.440. The van der Waals surface area contributed by atoms with Gasteiger partial charge in [-0.25, -0.2) is 4.68 Å². The molecule has 1 aromatic heterocycles. The van der Waals surface area contributed by atoms with Crippen LogP contribution >= 0.6 is 0 Å². The number of hydrogen-bond acceptors (Lipinski definition) is 2. The summed E-state index contributed by atoms with van der Waals surface area (Å²) in [7, 11) is 0. The van der Waals surface area contributed by atoms with Crippen molar-refractivity contribution in [2.24, 2.45) is 23.7 Å². The first-order chi connectivity index (χ1) is 9.63. The second-order valence-electron chi connectivity index (χ2n) is 7.27. The fraction of sp³-hybridized carbons (Fsp3) is 0.882. The standard InChI is InChI=1S/C17H29N3/c1-5-6-12(4)17-13-7-9-15-16(10-8-14(13)17)20(11(2)3)19-18-15/h11-14,17H,5-10H2,1-4H3. The van der Waals surface area contributed by atoms with Gasteiger partial charge in [-0.3, -0.25) is 0 Å². The van der Waals surface area contributed by atoms with Crippen LogP contribution in [0.3, 0.4) is 0 Å². The maximum Gasteiger partial charge on any atom is 0.0859 e. The van der Waals surface area contributed by atoms with Gasteiger partial charge in [0, 0.05) is 6.04 Å². The van der Waals surface area contributed by atoms with Crippen molar-refractivity contribution in [2.45, 2.75) is 72.3 Å². The third kappa shape index (κ3) is 2.40. The molecule has 3 rings (SSSR count). The molecule has 0 N–H and O–H groups in total. The van der Waals surface area contributed by atoms with Crippen LogP contribution in [-0.2, 0) is 12.8 Å². The van der Waals surface area contributed by atoms with Gasteiger partial charge in [-0.15, -0.1) is 5.10 Å². The molecule has 0 aromatic carbocycles. The Labute approximate surface area is 123 Å². The van der Waals surface area contributed by atoms with Gasteiger partial charge in [0.05, 0.1) is 11.4 Å². The van der Waals surface area contributed by atoms with Crippen molar-refractivity contribution >= 4 is 0 Å². The van der Waals surface area contributed by atoms with Crippen LogP contribution in [0.5, 0.6) is 0 Å². The van der Waals surface area contributed by atoms with Gasteiger partial charge in [-0.2, -0.15) is 0 Å². The number of aryl methyl sites for hydroxylation is 1. The van der Waals surface area contributed by atoms with Gasteiger partial charge >= 0.3 is 0 Å². The molecule has 0 bridgehead atoms. The van der Waals surface area contributed by atoms with Crippen molar-refractivity contribution in [3.05, 3.63) is 11.4 Å². The van der Waals surface area contributed by atoms with Gasteiger partial charge in [0.25, 0.3) is 0 Å². The fourth-order valence-corrected chi connectivity index (χ4v) is 4.60. The Balaban J connectivity index is 1.71. The maximum absolute atomic E-state index is 4.45. The first-order valence-corrected chi connectivity index (χ1v) is 8.56. The molecule has 0 amide bonds. The zero-order valence-corrected chi connectivity index (χ0v) is 13.5. The average Bonchev–Trinajstić information content (AvgIpc) is 2.91. The van der Waals surface area contributed by atoms with E-state index in [9.17, 15) is 0 Å². The van der Waals surface area contributed by atoms with Crippen molar-refractivity contribution in [3.63, 3.8) is 0 Å². The number of rotatable bonds is 4. The number of fused-ring (bicyclic) bond motifs is 2. The van der Waals surface area contributed by atoms with Crippen LogP contribution in [0.15, 0.2) is 0 Å². The Morgan fingerprint density at radius 1 is 1.15 bits per heavy atom. The molecule has 2 aliphatic rings. The Hall–Kier alpha value is -0.860.